The third kappa shape index (κ3) is 2.60. The van der Waals surface area contributed by atoms with Crippen LogP contribution < -0.4 is 4.46 Å². The Morgan fingerprint density at radius 3 is 2.79 bits per heavy atom. The Labute approximate surface area is 92.0 Å². The quantitative estimate of drug-likeness (QED) is 0.734. The molecule has 2 rings (SSSR count). The van der Waals surface area contributed by atoms with Crippen molar-refractivity contribution in [3.63, 3.8) is 0 Å². The fraction of sp³-hybridized carbons (Fsp3) is 0.500. The van der Waals surface area contributed by atoms with Gasteiger partial charge in [-0.2, -0.15) is 0 Å². The molecule has 1 nitrogen and oxygen atoms in total. The van der Waals surface area contributed by atoms with Gasteiger partial charge in [-0.15, -0.1) is 0 Å². The second-order valence-corrected chi connectivity index (χ2v) is 6.44. The molecule has 1 aromatic rings. The molecule has 0 N–H and O–H groups in total. The van der Waals surface area contributed by atoms with Crippen LogP contribution in [-0.2, 0) is 4.74 Å². The van der Waals surface area contributed by atoms with Crippen LogP contribution in [0.4, 0.5) is 0 Å². The van der Waals surface area contributed by atoms with Crippen LogP contribution in [0.3, 0.4) is 0 Å². The van der Waals surface area contributed by atoms with E-state index in [0.717, 1.165) is 11.4 Å². The van der Waals surface area contributed by atoms with Gasteiger partial charge in [-0.3, -0.25) is 0 Å². The summed E-state index contributed by atoms with van der Waals surface area (Å²) >= 11 is 0.584. The Balaban J connectivity index is 1.96. The van der Waals surface area contributed by atoms with E-state index < -0.39 is 0 Å². The van der Waals surface area contributed by atoms with Crippen molar-refractivity contribution in [3.8, 4) is 0 Å². The van der Waals surface area contributed by atoms with Crippen LogP contribution in [0.2, 0.25) is 4.82 Å². The molecule has 1 saturated heterocycles. The minimum atomic E-state index is 0.462. The fourth-order valence-corrected chi connectivity index (χ4v) is 4.28. The Morgan fingerprint density at radius 2 is 2.07 bits per heavy atom. The van der Waals surface area contributed by atoms with E-state index in [1.165, 1.54) is 17.3 Å². The summed E-state index contributed by atoms with van der Waals surface area (Å²) in [7, 11) is 0. The van der Waals surface area contributed by atoms with Gasteiger partial charge in [0.15, 0.2) is 0 Å². The average molecular weight is 255 g/mol. The fourth-order valence-electron chi connectivity index (χ4n) is 1.72. The maximum atomic E-state index is 5.68. The maximum absolute atomic E-state index is 5.68. The predicted octanol–water partition coefficient (Wildman–Crippen LogP) is 2.00. The molecular formula is C12H16OSe. The molecule has 0 spiro atoms. The van der Waals surface area contributed by atoms with Gasteiger partial charge >= 0.3 is 91.8 Å². The molecule has 2 atom stereocenters. The van der Waals surface area contributed by atoms with Crippen molar-refractivity contribution in [2.45, 2.75) is 30.7 Å². The summed E-state index contributed by atoms with van der Waals surface area (Å²) in [5, 5.41) is 0. The monoisotopic (exact) mass is 256 g/mol. The van der Waals surface area contributed by atoms with E-state index in [-0.39, 0.29) is 0 Å². The van der Waals surface area contributed by atoms with Crippen LogP contribution in [0.1, 0.15) is 19.8 Å². The van der Waals surface area contributed by atoms with Crippen molar-refractivity contribution in [2.24, 2.45) is 0 Å². The van der Waals surface area contributed by atoms with Gasteiger partial charge in [-0.25, -0.2) is 0 Å². The number of ether oxygens (including phenoxy) is 1. The first-order valence-corrected chi connectivity index (χ1v) is 7.04. The molecular weight excluding hydrogens is 239 g/mol. The summed E-state index contributed by atoms with van der Waals surface area (Å²) in [4.78, 5) is 0.777. The van der Waals surface area contributed by atoms with Crippen LogP contribution in [0.15, 0.2) is 30.3 Å². The minimum absolute atomic E-state index is 0.462. The summed E-state index contributed by atoms with van der Waals surface area (Å²) in [5.74, 6) is 0. The first-order valence-electron chi connectivity index (χ1n) is 5.19. The zero-order chi connectivity index (χ0) is 9.80. The molecule has 0 aliphatic carbocycles. The first kappa shape index (κ1) is 10.2. The van der Waals surface area contributed by atoms with Crippen LogP contribution >= 0.6 is 0 Å². The molecule has 0 bridgehead atoms. The third-order valence-electron chi connectivity index (χ3n) is 2.57. The second kappa shape index (κ2) is 4.97. The molecule has 1 aliphatic rings. The number of hydrogen-bond acceptors (Lipinski definition) is 1. The summed E-state index contributed by atoms with van der Waals surface area (Å²) < 4.78 is 7.18. The average Bonchev–Trinajstić information content (AvgIpc) is 2.23. The summed E-state index contributed by atoms with van der Waals surface area (Å²) in [6.07, 6.45) is 3.04. The second-order valence-electron chi connectivity index (χ2n) is 3.69. The molecule has 1 fully saturated rings. The van der Waals surface area contributed by atoms with Crippen molar-refractivity contribution in [1.29, 1.82) is 0 Å². The van der Waals surface area contributed by atoms with E-state index in [1.54, 1.807) is 0 Å². The molecule has 14 heavy (non-hydrogen) atoms. The molecule has 0 radical (unpaired) electrons. The first-order chi connectivity index (χ1) is 6.86. The molecule has 0 aromatic heterocycles. The van der Waals surface area contributed by atoms with Gasteiger partial charge in [0.25, 0.3) is 0 Å². The molecule has 0 unspecified atom stereocenters. The molecule has 76 valence electrons. The van der Waals surface area contributed by atoms with Gasteiger partial charge in [0.2, 0.25) is 0 Å². The SMILES string of the molecule is C[C@@H]1OCCC[C@H]1[Se]c1ccccc1. The number of hydrogen-bond donors (Lipinski definition) is 0. The third-order valence-corrected chi connectivity index (χ3v) is 5.64. The standard InChI is InChI=1S/C12H16OSe/c1-10-12(8-5-9-13-10)14-11-6-3-2-4-7-11/h2-4,6-7,10,12H,5,8-9H2,1H3/t10-,12+/m0/s1. The predicted molar refractivity (Wildman–Crippen MR) is 60.2 cm³/mol. The van der Waals surface area contributed by atoms with E-state index in [9.17, 15) is 0 Å². The van der Waals surface area contributed by atoms with Gasteiger partial charge in [0.1, 0.15) is 0 Å². The van der Waals surface area contributed by atoms with Gasteiger partial charge in [0, 0.05) is 0 Å². The van der Waals surface area contributed by atoms with Gasteiger partial charge in [0.05, 0.1) is 0 Å². The Kier molecular flexibility index (Phi) is 3.63. The Bertz CT molecular complexity index is 273. The summed E-state index contributed by atoms with van der Waals surface area (Å²) in [6, 6.07) is 10.8. The van der Waals surface area contributed by atoms with Crippen molar-refractivity contribution in [2.75, 3.05) is 6.61 Å². The molecule has 1 aromatic carbocycles. The van der Waals surface area contributed by atoms with Crippen molar-refractivity contribution < 1.29 is 4.74 Å². The normalized spacial score (nSPS) is 27.5. The Hall–Kier alpha value is -0.301. The van der Waals surface area contributed by atoms with Crippen LogP contribution in [0.5, 0.6) is 0 Å². The van der Waals surface area contributed by atoms with Gasteiger partial charge < -0.3 is 0 Å². The summed E-state index contributed by atoms with van der Waals surface area (Å²) in [5.41, 5.74) is 0. The molecule has 2 heteroatoms. The zero-order valence-electron chi connectivity index (χ0n) is 8.48. The van der Waals surface area contributed by atoms with E-state index in [2.05, 4.69) is 37.3 Å². The summed E-state index contributed by atoms with van der Waals surface area (Å²) in [6.45, 7) is 3.18. The molecule has 0 saturated carbocycles. The van der Waals surface area contributed by atoms with E-state index >= 15 is 0 Å². The topological polar surface area (TPSA) is 9.23 Å². The van der Waals surface area contributed by atoms with Crippen LogP contribution in [0.25, 0.3) is 0 Å². The van der Waals surface area contributed by atoms with Crippen molar-refractivity contribution >= 4 is 19.4 Å². The number of benzene rings is 1. The molecule has 1 aliphatic heterocycles. The van der Waals surface area contributed by atoms with Crippen molar-refractivity contribution in [3.05, 3.63) is 30.3 Å². The number of rotatable bonds is 2. The Morgan fingerprint density at radius 1 is 1.29 bits per heavy atom. The molecule has 1 heterocycles. The van der Waals surface area contributed by atoms with E-state index in [1.807, 2.05) is 0 Å². The van der Waals surface area contributed by atoms with Gasteiger partial charge in [-0.1, -0.05) is 0 Å². The molecule has 0 amide bonds. The van der Waals surface area contributed by atoms with Crippen LogP contribution in [0, 0.1) is 0 Å². The van der Waals surface area contributed by atoms with E-state index in [0.29, 0.717) is 21.1 Å². The van der Waals surface area contributed by atoms with E-state index in [4.69, 9.17) is 4.74 Å². The van der Waals surface area contributed by atoms with Crippen molar-refractivity contribution in [1.82, 2.24) is 0 Å². The zero-order valence-corrected chi connectivity index (χ0v) is 10.2. The van der Waals surface area contributed by atoms with Crippen LogP contribution in [-0.4, -0.2) is 27.7 Å². The van der Waals surface area contributed by atoms with Gasteiger partial charge in [-0.05, 0) is 0 Å².